The average Bonchev–Trinajstić information content (AvgIpc) is 2.81. The Bertz CT molecular complexity index is 515. The summed E-state index contributed by atoms with van der Waals surface area (Å²) in [6.45, 7) is 1.28. The second kappa shape index (κ2) is 5.15. The van der Waals surface area contributed by atoms with Crippen LogP contribution in [0, 0.1) is 0 Å². The average molecular weight is 242 g/mol. The van der Waals surface area contributed by atoms with Crippen LogP contribution in [0.2, 0.25) is 0 Å². The Morgan fingerprint density at radius 2 is 2.17 bits per heavy atom. The van der Waals surface area contributed by atoms with Crippen LogP contribution in [-0.4, -0.2) is 29.5 Å². The molecule has 96 valence electrons. The van der Waals surface area contributed by atoms with E-state index in [0.717, 1.165) is 6.04 Å². The van der Waals surface area contributed by atoms with Crippen LogP contribution < -0.4 is 0 Å². The summed E-state index contributed by atoms with van der Waals surface area (Å²) >= 11 is 0. The molecule has 1 fully saturated rings. The van der Waals surface area contributed by atoms with Crippen molar-refractivity contribution in [1.82, 2.24) is 9.88 Å². The first-order chi connectivity index (χ1) is 8.84. The Kier molecular flexibility index (Phi) is 3.37. The molecule has 1 aromatic carbocycles. The summed E-state index contributed by atoms with van der Waals surface area (Å²) in [6, 6.07) is 9.40. The lowest BCUT2D eigenvalue weighted by atomic mass is 9.96. The fourth-order valence-electron chi connectivity index (χ4n) is 3.17. The zero-order valence-electron chi connectivity index (χ0n) is 11.2. The number of piperidine rings is 1. The predicted octanol–water partition coefficient (Wildman–Crippen LogP) is 3.58. The predicted molar refractivity (Wildman–Crippen MR) is 76.9 cm³/mol. The van der Waals surface area contributed by atoms with Gasteiger partial charge < -0.3 is 9.88 Å². The van der Waals surface area contributed by atoms with Crippen molar-refractivity contribution in [3.8, 4) is 0 Å². The second-order valence-electron chi connectivity index (χ2n) is 5.53. The van der Waals surface area contributed by atoms with Crippen LogP contribution in [0.1, 0.15) is 31.2 Å². The van der Waals surface area contributed by atoms with Crippen LogP contribution in [0.25, 0.3) is 10.9 Å². The maximum atomic E-state index is 3.37. The number of rotatable bonds is 3. The van der Waals surface area contributed by atoms with Crippen LogP contribution in [0.15, 0.2) is 30.5 Å². The number of hydrogen-bond donors (Lipinski definition) is 1. The molecular formula is C16H22N2. The highest BCUT2D eigenvalue weighted by Crippen LogP contribution is 2.23. The number of aromatic amines is 1. The number of aromatic nitrogens is 1. The first kappa shape index (κ1) is 11.8. The zero-order valence-corrected chi connectivity index (χ0v) is 11.2. The molecule has 2 aromatic rings. The van der Waals surface area contributed by atoms with Gasteiger partial charge in [0.2, 0.25) is 0 Å². The Hall–Kier alpha value is -1.28. The van der Waals surface area contributed by atoms with E-state index >= 15 is 0 Å². The Labute approximate surface area is 109 Å². The van der Waals surface area contributed by atoms with E-state index in [0.29, 0.717) is 0 Å². The maximum absolute atomic E-state index is 3.37. The minimum Gasteiger partial charge on any atom is -0.361 e. The SMILES string of the molecule is CN1CCCCC1CCc1c[nH]c2ccccc12. The molecule has 0 saturated carbocycles. The molecule has 18 heavy (non-hydrogen) atoms. The molecule has 0 radical (unpaired) electrons. The van der Waals surface area contributed by atoms with E-state index < -0.39 is 0 Å². The number of nitrogens with zero attached hydrogens (tertiary/aromatic N) is 1. The molecule has 0 amide bonds. The molecule has 3 rings (SSSR count). The zero-order chi connectivity index (χ0) is 12.4. The van der Waals surface area contributed by atoms with Crippen molar-refractivity contribution in [3.63, 3.8) is 0 Å². The largest absolute Gasteiger partial charge is 0.361 e. The fraction of sp³-hybridized carbons (Fsp3) is 0.500. The standard InChI is InChI=1S/C16H22N2/c1-18-11-5-4-6-14(18)10-9-13-12-17-16-8-3-2-7-15(13)16/h2-3,7-8,12,14,17H,4-6,9-11H2,1H3. The molecule has 2 heteroatoms. The molecule has 0 spiro atoms. The monoisotopic (exact) mass is 242 g/mol. The number of hydrogen-bond acceptors (Lipinski definition) is 1. The van der Waals surface area contributed by atoms with Gasteiger partial charge in [0.15, 0.2) is 0 Å². The topological polar surface area (TPSA) is 19.0 Å². The summed E-state index contributed by atoms with van der Waals surface area (Å²) in [5, 5.41) is 1.40. The van der Waals surface area contributed by atoms with Crippen molar-refractivity contribution >= 4 is 10.9 Å². The summed E-state index contributed by atoms with van der Waals surface area (Å²) in [4.78, 5) is 5.91. The second-order valence-corrected chi connectivity index (χ2v) is 5.53. The van der Waals surface area contributed by atoms with Gasteiger partial charge in [0.05, 0.1) is 0 Å². The Morgan fingerprint density at radius 1 is 1.28 bits per heavy atom. The summed E-state index contributed by atoms with van der Waals surface area (Å²) < 4.78 is 0. The molecule has 1 atom stereocenters. The third-order valence-corrected chi connectivity index (χ3v) is 4.34. The van der Waals surface area contributed by atoms with E-state index in [2.05, 4.69) is 47.4 Å². The first-order valence-corrected chi connectivity index (χ1v) is 7.10. The van der Waals surface area contributed by atoms with Crippen LogP contribution in [-0.2, 0) is 6.42 Å². The van der Waals surface area contributed by atoms with Crippen molar-refractivity contribution in [3.05, 3.63) is 36.0 Å². The van der Waals surface area contributed by atoms with E-state index in [9.17, 15) is 0 Å². The van der Waals surface area contributed by atoms with E-state index in [-0.39, 0.29) is 0 Å². The van der Waals surface area contributed by atoms with Crippen molar-refractivity contribution in [2.24, 2.45) is 0 Å². The van der Waals surface area contributed by atoms with Gasteiger partial charge >= 0.3 is 0 Å². The molecule has 2 heterocycles. The number of H-pyrrole nitrogens is 1. The quantitative estimate of drug-likeness (QED) is 0.871. The molecule has 1 N–H and O–H groups in total. The van der Waals surface area contributed by atoms with Crippen molar-refractivity contribution < 1.29 is 0 Å². The minimum atomic E-state index is 0.785. The van der Waals surface area contributed by atoms with Crippen LogP contribution >= 0.6 is 0 Å². The smallest absolute Gasteiger partial charge is 0.0456 e. The van der Waals surface area contributed by atoms with Gasteiger partial charge in [-0.2, -0.15) is 0 Å². The Balaban J connectivity index is 1.69. The van der Waals surface area contributed by atoms with Gasteiger partial charge in [0, 0.05) is 23.1 Å². The molecule has 1 aromatic heterocycles. The summed E-state index contributed by atoms with van der Waals surface area (Å²) in [7, 11) is 2.28. The lowest BCUT2D eigenvalue weighted by Gasteiger charge is -2.32. The first-order valence-electron chi connectivity index (χ1n) is 7.10. The van der Waals surface area contributed by atoms with E-state index in [1.807, 2.05) is 0 Å². The number of para-hydroxylation sites is 1. The number of nitrogens with one attached hydrogen (secondary N) is 1. The van der Waals surface area contributed by atoms with Crippen LogP contribution in [0.5, 0.6) is 0 Å². The van der Waals surface area contributed by atoms with Gasteiger partial charge in [-0.25, -0.2) is 0 Å². The molecule has 0 bridgehead atoms. The van der Waals surface area contributed by atoms with Crippen molar-refractivity contribution in [1.29, 1.82) is 0 Å². The van der Waals surface area contributed by atoms with E-state index in [1.54, 1.807) is 0 Å². The van der Waals surface area contributed by atoms with Gasteiger partial charge in [0.25, 0.3) is 0 Å². The van der Waals surface area contributed by atoms with Crippen LogP contribution in [0.4, 0.5) is 0 Å². The van der Waals surface area contributed by atoms with E-state index in [4.69, 9.17) is 0 Å². The highest BCUT2D eigenvalue weighted by atomic mass is 15.1. The van der Waals surface area contributed by atoms with Crippen molar-refractivity contribution in [2.75, 3.05) is 13.6 Å². The molecule has 0 aliphatic carbocycles. The highest BCUT2D eigenvalue weighted by Gasteiger charge is 2.18. The van der Waals surface area contributed by atoms with Gasteiger partial charge in [-0.3, -0.25) is 0 Å². The molecule has 1 unspecified atom stereocenters. The van der Waals surface area contributed by atoms with E-state index in [1.165, 1.54) is 55.1 Å². The van der Waals surface area contributed by atoms with Gasteiger partial charge in [-0.1, -0.05) is 24.6 Å². The van der Waals surface area contributed by atoms with Gasteiger partial charge in [-0.05, 0) is 50.9 Å². The third-order valence-electron chi connectivity index (χ3n) is 4.34. The Morgan fingerprint density at radius 3 is 3.06 bits per heavy atom. The molecule has 2 nitrogen and oxygen atoms in total. The number of likely N-dealkylation sites (tertiary alicyclic amines) is 1. The normalized spacial score (nSPS) is 21.5. The molecule has 1 saturated heterocycles. The number of aryl methyl sites for hydroxylation is 1. The summed E-state index contributed by atoms with van der Waals surface area (Å²) in [5.41, 5.74) is 2.74. The van der Waals surface area contributed by atoms with Crippen molar-refractivity contribution in [2.45, 2.75) is 38.1 Å². The molecule has 1 aliphatic rings. The molecular weight excluding hydrogens is 220 g/mol. The maximum Gasteiger partial charge on any atom is 0.0456 e. The lowest BCUT2D eigenvalue weighted by molar-refractivity contribution is 0.176. The summed E-state index contributed by atoms with van der Waals surface area (Å²) in [5.74, 6) is 0. The lowest BCUT2D eigenvalue weighted by Crippen LogP contribution is -2.36. The number of benzene rings is 1. The van der Waals surface area contributed by atoms with Gasteiger partial charge in [-0.15, -0.1) is 0 Å². The highest BCUT2D eigenvalue weighted by molar-refractivity contribution is 5.82. The number of fused-ring (bicyclic) bond motifs is 1. The fourth-order valence-corrected chi connectivity index (χ4v) is 3.17. The third kappa shape index (κ3) is 2.30. The molecule has 1 aliphatic heterocycles. The van der Waals surface area contributed by atoms with Gasteiger partial charge in [0.1, 0.15) is 0 Å². The van der Waals surface area contributed by atoms with Crippen LogP contribution in [0.3, 0.4) is 0 Å². The summed E-state index contributed by atoms with van der Waals surface area (Å²) in [6.07, 6.45) is 8.83. The minimum absolute atomic E-state index is 0.785.